The van der Waals surface area contributed by atoms with Crippen molar-refractivity contribution in [2.75, 3.05) is 44.6 Å². The molecule has 2 unspecified atom stereocenters. The molecular weight excluding hydrogens is 467 g/mol. The average molecular weight is 493 g/mol. The van der Waals surface area contributed by atoms with Gasteiger partial charge in [0, 0.05) is 32.2 Å². The number of aromatic nitrogens is 1. The van der Waals surface area contributed by atoms with Gasteiger partial charge in [-0.3, -0.25) is 14.6 Å². The highest BCUT2D eigenvalue weighted by molar-refractivity contribution is 7.22. The van der Waals surface area contributed by atoms with Crippen molar-refractivity contribution in [3.63, 3.8) is 0 Å². The summed E-state index contributed by atoms with van der Waals surface area (Å²) in [5.74, 6) is -0.431. The molecule has 1 aliphatic heterocycles. The zero-order valence-corrected chi connectivity index (χ0v) is 19.8. The Kier molecular flexibility index (Phi) is 7.77. The number of halogens is 2. The Morgan fingerprint density at radius 1 is 1.33 bits per heavy atom. The molecule has 10 heteroatoms. The van der Waals surface area contributed by atoms with Gasteiger partial charge in [0.25, 0.3) is 0 Å². The van der Waals surface area contributed by atoms with E-state index in [1.807, 2.05) is 12.1 Å². The third-order valence-electron chi connectivity index (χ3n) is 5.55. The lowest BCUT2D eigenvalue weighted by molar-refractivity contribution is -0.118. The van der Waals surface area contributed by atoms with Gasteiger partial charge in [-0.1, -0.05) is 41.1 Å². The maximum Gasteiger partial charge on any atom is 0.240 e. The summed E-state index contributed by atoms with van der Waals surface area (Å²) >= 11 is 7.56. The summed E-state index contributed by atoms with van der Waals surface area (Å²) in [6, 6.07) is 11.8. The lowest BCUT2D eigenvalue weighted by atomic mass is 10.1. The van der Waals surface area contributed by atoms with Gasteiger partial charge in [0.1, 0.15) is 18.2 Å². The summed E-state index contributed by atoms with van der Waals surface area (Å²) in [6.07, 6.45) is -0.738. The van der Waals surface area contributed by atoms with E-state index < -0.39 is 11.9 Å². The number of piperazine rings is 1. The zero-order chi connectivity index (χ0) is 23.4. The largest absolute Gasteiger partial charge is 0.488 e. The maximum absolute atomic E-state index is 13.6. The van der Waals surface area contributed by atoms with Crippen LogP contribution in [0.4, 0.5) is 9.52 Å². The highest BCUT2D eigenvalue weighted by Gasteiger charge is 2.27. The number of fused-ring (bicyclic) bond motifs is 1. The number of aliphatic hydroxyl groups excluding tert-OH is 1. The van der Waals surface area contributed by atoms with Crippen molar-refractivity contribution >= 4 is 44.2 Å². The number of aliphatic hydroxyl groups is 1. The van der Waals surface area contributed by atoms with E-state index in [1.165, 1.54) is 23.5 Å². The molecule has 1 aliphatic rings. The van der Waals surface area contributed by atoms with Crippen LogP contribution in [0.1, 0.15) is 6.92 Å². The molecule has 2 aromatic carbocycles. The molecule has 7 nitrogen and oxygen atoms in total. The van der Waals surface area contributed by atoms with Crippen LogP contribution in [-0.2, 0) is 4.79 Å². The minimum absolute atomic E-state index is 0.0180. The van der Waals surface area contributed by atoms with Gasteiger partial charge < -0.3 is 15.2 Å². The van der Waals surface area contributed by atoms with Crippen molar-refractivity contribution < 1.29 is 19.0 Å². The second-order valence-electron chi connectivity index (χ2n) is 8.13. The second-order valence-corrected chi connectivity index (χ2v) is 9.57. The fourth-order valence-corrected chi connectivity index (χ4v) is 5.06. The summed E-state index contributed by atoms with van der Waals surface area (Å²) in [5, 5.41) is 14.3. The van der Waals surface area contributed by atoms with Gasteiger partial charge in [0.05, 0.1) is 16.3 Å². The predicted molar refractivity (Wildman–Crippen MR) is 129 cm³/mol. The Morgan fingerprint density at radius 3 is 2.91 bits per heavy atom. The van der Waals surface area contributed by atoms with E-state index >= 15 is 0 Å². The lowest BCUT2D eigenvalue weighted by Crippen LogP contribution is -2.55. The number of rotatable bonds is 8. The number of carbonyl (C=O) groups is 1. The van der Waals surface area contributed by atoms with Gasteiger partial charge in [0.15, 0.2) is 16.7 Å². The molecule has 176 valence electrons. The van der Waals surface area contributed by atoms with Crippen LogP contribution in [0.25, 0.3) is 10.2 Å². The Labute approximate surface area is 200 Å². The van der Waals surface area contributed by atoms with Crippen molar-refractivity contribution in [3.05, 3.63) is 53.3 Å². The molecular formula is C23H26ClFN4O3S. The van der Waals surface area contributed by atoms with Gasteiger partial charge in [-0.2, -0.15) is 0 Å². The van der Waals surface area contributed by atoms with E-state index in [4.69, 9.17) is 16.3 Å². The summed E-state index contributed by atoms with van der Waals surface area (Å²) in [5.41, 5.74) is 0.694. The number of para-hydroxylation sites is 2. The van der Waals surface area contributed by atoms with E-state index in [-0.39, 0.29) is 30.9 Å². The first-order valence-corrected chi connectivity index (χ1v) is 11.9. The van der Waals surface area contributed by atoms with E-state index in [2.05, 4.69) is 27.0 Å². The van der Waals surface area contributed by atoms with Crippen LogP contribution in [0.15, 0.2) is 42.5 Å². The van der Waals surface area contributed by atoms with E-state index in [0.29, 0.717) is 41.8 Å². The van der Waals surface area contributed by atoms with Gasteiger partial charge >= 0.3 is 0 Å². The molecule has 0 saturated carbocycles. The molecule has 1 fully saturated rings. The molecule has 1 saturated heterocycles. The summed E-state index contributed by atoms with van der Waals surface area (Å²) in [6.45, 7) is 4.87. The Hall–Kier alpha value is -2.30. The van der Waals surface area contributed by atoms with Crippen LogP contribution in [0.2, 0.25) is 5.02 Å². The Bertz CT molecular complexity index is 1110. The highest BCUT2D eigenvalue weighted by Crippen LogP contribution is 2.30. The summed E-state index contributed by atoms with van der Waals surface area (Å²) < 4.78 is 20.0. The van der Waals surface area contributed by atoms with E-state index in [0.717, 1.165) is 4.70 Å². The minimum atomic E-state index is -0.738. The minimum Gasteiger partial charge on any atom is -0.488 e. The standard InChI is InChI=1S/C23H26ClFN4O3S/c1-15-11-28(12-16(30)14-32-19-7-3-2-6-18(19)25)9-10-29(15)13-21(31)26-23-27-22-17(24)5-4-8-20(22)33-23/h2-8,15-16,30H,9-14H2,1H3,(H,26,27,31). The molecule has 0 bridgehead atoms. The number of β-amino-alcohol motifs (C(OH)–C–C–N with tert-alkyl or cyclic N) is 1. The molecule has 4 rings (SSSR count). The van der Waals surface area contributed by atoms with Crippen LogP contribution in [0, 0.1) is 5.82 Å². The topological polar surface area (TPSA) is 77.9 Å². The molecule has 2 N–H and O–H groups in total. The fraction of sp³-hybridized carbons (Fsp3) is 0.391. The van der Waals surface area contributed by atoms with E-state index in [1.54, 1.807) is 18.2 Å². The normalized spacial score (nSPS) is 18.4. The lowest BCUT2D eigenvalue weighted by Gasteiger charge is -2.40. The maximum atomic E-state index is 13.6. The monoisotopic (exact) mass is 492 g/mol. The van der Waals surface area contributed by atoms with Crippen molar-refractivity contribution in [1.29, 1.82) is 0 Å². The third-order valence-corrected chi connectivity index (χ3v) is 6.79. The van der Waals surface area contributed by atoms with E-state index in [9.17, 15) is 14.3 Å². The molecule has 33 heavy (non-hydrogen) atoms. The number of nitrogens with zero attached hydrogens (tertiary/aromatic N) is 3. The number of anilines is 1. The summed E-state index contributed by atoms with van der Waals surface area (Å²) in [7, 11) is 0. The number of benzene rings is 2. The number of nitrogens with one attached hydrogen (secondary N) is 1. The Balaban J connectivity index is 1.22. The van der Waals surface area contributed by atoms with Crippen molar-refractivity contribution in [2.45, 2.75) is 19.1 Å². The molecule has 2 heterocycles. The van der Waals surface area contributed by atoms with Crippen LogP contribution in [0.3, 0.4) is 0 Å². The van der Waals surface area contributed by atoms with Gasteiger partial charge in [0.2, 0.25) is 5.91 Å². The highest BCUT2D eigenvalue weighted by atomic mass is 35.5. The van der Waals surface area contributed by atoms with Crippen molar-refractivity contribution in [1.82, 2.24) is 14.8 Å². The first-order valence-electron chi connectivity index (χ1n) is 10.8. The van der Waals surface area contributed by atoms with Gasteiger partial charge in [-0.25, -0.2) is 9.37 Å². The molecule has 2 atom stereocenters. The second kappa shape index (κ2) is 10.8. The number of ether oxygens (including phenoxy) is 1. The molecule has 0 aliphatic carbocycles. The third kappa shape index (κ3) is 6.18. The average Bonchev–Trinajstić information content (AvgIpc) is 3.19. The quantitative estimate of drug-likeness (QED) is 0.501. The van der Waals surface area contributed by atoms with Crippen molar-refractivity contribution in [2.24, 2.45) is 0 Å². The first-order chi connectivity index (χ1) is 15.9. The van der Waals surface area contributed by atoms with Gasteiger partial charge in [-0.05, 0) is 31.2 Å². The van der Waals surface area contributed by atoms with Crippen molar-refractivity contribution in [3.8, 4) is 5.75 Å². The van der Waals surface area contributed by atoms with Crippen LogP contribution < -0.4 is 10.1 Å². The zero-order valence-electron chi connectivity index (χ0n) is 18.2. The number of thiazole rings is 1. The van der Waals surface area contributed by atoms with Crippen LogP contribution >= 0.6 is 22.9 Å². The molecule has 3 aromatic rings. The number of amides is 1. The first kappa shape index (κ1) is 23.8. The SMILES string of the molecule is CC1CN(CC(O)COc2ccccc2F)CCN1CC(=O)Nc1nc2c(Cl)cccc2s1. The predicted octanol–water partition coefficient (Wildman–Crippen LogP) is 3.47. The molecule has 1 amide bonds. The smallest absolute Gasteiger partial charge is 0.240 e. The van der Waals surface area contributed by atoms with Crippen LogP contribution in [0.5, 0.6) is 5.75 Å². The molecule has 1 aromatic heterocycles. The number of carbonyl (C=O) groups excluding carboxylic acids is 1. The molecule has 0 radical (unpaired) electrons. The number of hydrogen-bond donors (Lipinski definition) is 2. The van der Waals surface area contributed by atoms with Gasteiger partial charge in [-0.15, -0.1) is 0 Å². The van der Waals surface area contributed by atoms with Crippen LogP contribution in [-0.4, -0.2) is 77.3 Å². The number of hydrogen-bond acceptors (Lipinski definition) is 7. The summed E-state index contributed by atoms with van der Waals surface area (Å²) in [4.78, 5) is 21.2. The molecule has 0 spiro atoms. The fourth-order valence-electron chi connectivity index (χ4n) is 3.88. The Morgan fingerprint density at radius 2 is 2.15 bits per heavy atom.